The highest BCUT2D eigenvalue weighted by molar-refractivity contribution is 7.10. The van der Waals surface area contributed by atoms with Crippen LogP contribution in [0.15, 0.2) is 60.0 Å². The van der Waals surface area contributed by atoms with E-state index >= 15 is 0 Å². The summed E-state index contributed by atoms with van der Waals surface area (Å²) in [5.74, 6) is -0.207. The van der Waals surface area contributed by atoms with E-state index in [0.29, 0.717) is 36.0 Å². The average molecular weight is 543 g/mol. The van der Waals surface area contributed by atoms with Crippen LogP contribution in [-0.2, 0) is 16.0 Å². The molecule has 5 rings (SSSR count). The van der Waals surface area contributed by atoms with Crippen molar-refractivity contribution < 1.29 is 23.5 Å². The number of nitrogens with zero attached hydrogens (tertiary/aromatic N) is 2. The molecule has 0 unspecified atom stereocenters. The molecular weight excluding hydrogens is 515 g/mol. The summed E-state index contributed by atoms with van der Waals surface area (Å²) in [6.45, 7) is 1.69. The molecule has 1 aromatic heterocycles. The molecule has 1 fully saturated rings. The van der Waals surface area contributed by atoms with Crippen molar-refractivity contribution in [1.82, 2.24) is 9.80 Å². The molecule has 0 spiro atoms. The summed E-state index contributed by atoms with van der Waals surface area (Å²) in [4.78, 5) is 31.8. The van der Waals surface area contributed by atoms with E-state index in [1.807, 2.05) is 11.4 Å². The number of rotatable bonds is 8. The molecule has 3 aromatic rings. The van der Waals surface area contributed by atoms with Crippen LogP contribution in [0.5, 0.6) is 5.75 Å². The smallest absolute Gasteiger partial charge is 0.254 e. The van der Waals surface area contributed by atoms with E-state index in [9.17, 15) is 14.0 Å². The van der Waals surface area contributed by atoms with Gasteiger partial charge in [-0.2, -0.15) is 0 Å². The van der Waals surface area contributed by atoms with Crippen LogP contribution in [-0.4, -0.2) is 60.6 Å². The standard InChI is InChI=1S/C28H28ClFN2O4S/c29-20-4-1-3-19(15-20)28(34)31(16-23-5-2-13-35-23)17-27(33)32-12-10-26-24(11-14-37-26)25(32)18-36-22-8-6-21(30)7-9-22/h1,3-4,6-9,11,14-15,23,25H,2,5,10,12-13,16-18H2/t23-,25-/m1/s1. The number of carbonyl (C=O) groups is 2. The van der Waals surface area contributed by atoms with Crippen molar-refractivity contribution >= 4 is 34.8 Å². The van der Waals surface area contributed by atoms with Crippen LogP contribution in [0.3, 0.4) is 0 Å². The van der Waals surface area contributed by atoms with Gasteiger partial charge in [-0.25, -0.2) is 4.39 Å². The maximum Gasteiger partial charge on any atom is 0.254 e. The second-order valence-electron chi connectivity index (χ2n) is 9.25. The summed E-state index contributed by atoms with van der Waals surface area (Å²) in [7, 11) is 0. The molecule has 2 atom stereocenters. The normalized spacial score (nSPS) is 18.9. The first-order valence-electron chi connectivity index (χ1n) is 12.4. The largest absolute Gasteiger partial charge is 0.491 e. The molecule has 0 N–H and O–H groups in total. The van der Waals surface area contributed by atoms with Gasteiger partial charge in [0.25, 0.3) is 5.91 Å². The molecule has 2 aromatic carbocycles. The van der Waals surface area contributed by atoms with E-state index in [4.69, 9.17) is 21.1 Å². The zero-order valence-corrected chi connectivity index (χ0v) is 21.8. The fraction of sp³-hybridized carbons (Fsp3) is 0.357. The Hall–Kier alpha value is -2.94. The van der Waals surface area contributed by atoms with Crippen LogP contribution in [0.1, 0.15) is 39.7 Å². The maximum atomic E-state index is 13.7. The predicted molar refractivity (Wildman–Crippen MR) is 141 cm³/mol. The second-order valence-corrected chi connectivity index (χ2v) is 10.7. The van der Waals surface area contributed by atoms with Gasteiger partial charge in [0.1, 0.15) is 24.7 Å². The fourth-order valence-corrected chi connectivity index (χ4v) is 6.01. The fourth-order valence-electron chi connectivity index (χ4n) is 4.89. The predicted octanol–water partition coefficient (Wildman–Crippen LogP) is 5.37. The third-order valence-electron chi connectivity index (χ3n) is 6.77. The molecule has 2 aliphatic rings. The topological polar surface area (TPSA) is 59.1 Å². The lowest BCUT2D eigenvalue weighted by molar-refractivity contribution is -0.135. The van der Waals surface area contributed by atoms with Crippen LogP contribution in [0.2, 0.25) is 5.02 Å². The summed E-state index contributed by atoms with van der Waals surface area (Å²) in [6, 6.07) is 14.3. The van der Waals surface area contributed by atoms with Crippen molar-refractivity contribution in [2.75, 3.05) is 32.8 Å². The summed E-state index contributed by atoms with van der Waals surface area (Å²) in [5.41, 5.74) is 1.49. The van der Waals surface area contributed by atoms with Crippen molar-refractivity contribution in [3.63, 3.8) is 0 Å². The minimum Gasteiger partial charge on any atom is -0.491 e. The third-order valence-corrected chi connectivity index (χ3v) is 8.00. The van der Waals surface area contributed by atoms with Gasteiger partial charge in [0.2, 0.25) is 5.91 Å². The Morgan fingerprint density at radius 1 is 1.19 bits per heavy atom. The van der Waals surface area contributed by atoms with E-state index < -0.39 is 0 Å². The molecule has 6 nitrogen and oxygen atoms in total. The van der Waals surface area contributed by atoms with E-state index in [2.05, 4.69) is 0 Å². The van der Waals surface area contributed by atoms with Crippen molar-refractivity contribution in [2.45, 2.75) is 31.4 Å². The molecule has 3 heterocycles. The van der Waals surface area contributed by atoms with Gasteiger partial charge in [-0.15, -0.1) is 11.3 Å². The number of hydrogen-bond donors (Lipinski definition) is 0. The highest BCUT2D eigenvalue weighted by Crippen LogP contribution is 2.34. The molecule has 37 heavy (non-hydrogen) atoms. The van der Waals surface area contributed by atoms with E-state index in [1.165, 1.54) is 17.0 Å². The monoisotopic (exact) mass is 542 g/mol. The van der Waals surface area contributed by atoms with Crippen LogP contribution in [0.25, 0.3) is 0 Å². The first-order chi connectivity index (χ1) is 18.0. The van der Waals surface area contributed by atoms with Gasteiger partial charge in [0.05, 0.1) is 12.1 Å². The van der Waals surface area contributed by atoms with E-state index in [-0.39, 0.29) is 42.9 Å². The Kier molecular flexibility index (Phi) is 8.08. The van der Waals surface area contributed by atoms with E-state index in [1.54, 1.807) is 57.5 Å². The van der Waals surface area contributed by atoms with Gasteiger partial charge in [0.15, 0.2) is 0 Å². The first kappa shape index (κ1) is 25.7. The molecule has 2 amide bonds. The van der Waals surface area contributed by atoms with Gasteiger partial charge in [-0.05, 0) is 78.7 Å². The molecule has 9 heteroatoms. The molecular formula is C28H28ClFN2O4S. The summed E-state index contributed by atoms with van der Waals surface area (Å²) in [6.07, 6.45) is 2.44. The first-order valence-corrected chi connectivity index (χ1v) is 13.6. The quantitative estimate of drug-likeness (QED) is 0.384. The number of ether oxygens (including phenoxy) is 2. The number of benzene rings is 2. The number of halogens is 2. The average Bonchev–Trinajstić information content (AvgIpc) is 3.59. The Bertz CT molecular complexity index is 1240. The minimum atomic E-state index is -0.336. The lowest BCUT2D eigenvalue weighted by Crippen LogP contribution is -2.49. The highest BCUT2D eigenvalue weighted by Gasteiger charge is 2.34. The van der Waals surface area contributed by atoms with Crippen LogP contribution in [0, 0.1) is 5.82 Å². The SMILES string of the molecule is O=C(c1cccc(Cl)c1)N(CC(=O)N1CCc2sccc2[C@H]1COc1ccc(F)cc1)C[C@H]1CCCO1. The zero-order valence-electron chi connectivity index (χ0n) is 20.3. The summed E-state index contributed by atoms with van der Waals surface area (Å²) < 4.78 is 25.1. The number of thiophene rings is 1. The highest BCUT2D eigenvalue weighted by atomic mass is 35.5. The zero-order chi connectivity index (χ0) is 25.8. The molecule has 1 saturated heterocycles. The Morgan fingerprint density at radius 2 is 2.03 bits per heavy atom. The third kappa shape index (κ3) is 6.14. The molecule has 0 bridgehead atoms. The van der Waals surface area contributed by atoms with Crippen LogP contribution in [0.4, 0.5) is 4.39 Å². The van der Waals surface area contributed by atoms with Crippen LogP contribution >= 0.6 is 22.9 Å². The van der Waals surface area contributed by atoms with Crippen molar-refractivity contribution in [3.05, 3.63) is 86.8 Å². The summed E-state index contributed by atoms with van der Waals surface area (Å²) in [5, 5.41) is 2.49. The molecule has 0 saturated carbocycles. The van der Waals surface area contributed by atoms with Gasteiger partial charge in [0, 0.05) is 35.2 Å². The second kappa shape index (κ2) is 11.6. The summed E-state index contributed by atoms with van der Waals surface area (Å²) >= 11 is 7.81. The molecule has 194 valence electrons. The maximum absolute atomic E-state index is 13.7. The number of amides is 2. The van der Waals surface area contributed by atoms with Crippen LogP contribution < -0.4 is 4.74 Å². The lowest BCUT2D eigenvalue weighted by Gasteiger charge is -2.37. The van der Waals surface area contributed by atoms with Crippen molar-refractivity contribution in [1.29, 1.82) is 0 Å². The van der Waals surface area contributed by atoms with Gasteiger partial charge >= 0.3 is 0 Å². The molecule has 0 radical (unpaired) electrons. The Labute approximate surface area is 224 Å². The Morgan fingerprint density at radius 3 is 2.78 bits per heavy atom. The van der Waals surface area contributed by atoms with Crippen molar-refractivity contribution in [3.8, 4) is 5.75 Å². The van der Waals surface area contributed by atoms with Gasteiger partial charge in [-0.1, -0.05) is 17.7 Å². The number of fused-ring (bicyclic) bond motifs is 1. The Balaban J connectivity index is 1.35. The number of hydrogen-bond acceptors (Lipinski definition) is 5. The van der Waals surface area contributed by atoms with Crippen molar-refractivity contribution in [2.24, 2.45) is 0 Å². The number of carbonyl (C=O) groups excluding carboxylic acids is 2. The molecule has 0 aliphatic carbocycles. The van der Waals surface area contributed by atoms with Gasteiger partial charge in [-0.3, -0.25) is 9.59 Å². The molecule has 2 aliphatic heterocycles. The lowest BCUT2D eigenvalue weighted by atomic mass is 10.00. The minimum absolute atomic E-state index is 0.0717. The van der Waals surface area contributed by atoms with Gasteiger partial charge < -0.3 is 19.3 Å². The van der Waals surface area contributed by atoms with E-state index in [0.717, 1.165) is 24.8 Å².